The van der Waals surface area contributed by atoms with Crippen molar-refractivity contribution in [3.8, 4) is 5.75 Å². The molecule has 8 heteroatoms. The molecule has 31 heavy (non-hydrogen) atoms. The van der Waals surface area contributed by atoms with Gasteiger partial charge in [-0.15, -0.1) is 0 Å². The number of carbonyl (C=O) groups is 3. The Balaban J connectivity index is 1.32. The number of hydrogen-bond donors (Lipinski definition) is 2. The molecular formula is C23H21N3O4S. The van der Waals surface area contributed by atoms with Crippen molar-refractivity contribution in [1.29, 1.82) is 0 Å². The van der Waals surface area contributed by atoms with Crippen LogP contribution in [0.3, 0.4) is 0 Å². The summed E-state index contributed by atoms with van der Waals surface area (Å²) >= 11 is 0.849. The standard InChI is InChI=1S/C23H21N3O4S/c1-30-17-7-8-18-16(13-25-19(18)12-17)9-10-24-21(27)14-26-22(28)20(31-23(26)29)11-15-5-3-2-4-6-15/h2-8,11-13,25H,9-10,14H2,1H3,(H,24,27)/b20-11+. The highest BCUT2D eigenvalue weighted by molar-refractivity contribution is 8.18. The quantitative estimate of drug-likeness (QED) is 0.554. The summed E-state index contributed by atoms with van der Waals surface area (Å²) in [6.07, 6.45) is 4.18. The molecule has 0 aliphatic carbocycles. The van der Waals surface area contributed by atoms with Crippen molar-refractivity contribution in [2.75, 3.05) is 20.2 Å². The molecule has 2 aromatic carbocycles. The van der Waals surface area contributed by atoms with E-state index in [4.69, 9.17) is 4.74 Å². The smallest absolute Gasteiger partial charge is 0.294 e. The largest absolute Gasteiger partial charge is 0.497 e. The number of benzene rings is 2. The molecule has 1 aromatic heterocycles. The lowest BCUT2D eigenvalue weighted by Gasteiger charge is -2.12. The number of aromatic amines is 1. The molecular weight excluding hydrogens is 414 g/mol. The second kappa shape index (κ2) is 9.09. The molecule has 0 atom stereocenters. The minimum atomic E-state index is -0.445. The molecule has 3 aromatic rings. The van der Waals surface area contributed by atoms with E-state index in [0.717, 1.165) is 44.4 Å². The Bertz CT molecular complexity index is 1170. The number of H-pyrrole nitrogens is 1. The van der Waals surface area contributed by atoms with Crippen LogP contribution in [-0.4, -0.2) is 47.1 Å². The van der Waals surface area contributed by atoms with Crippen LogP contribution in [0.1, 0.15) is 11.1 Å². The van der Waals surface area contributed by atoms with Crippen molar-refractivity contribution in [3.63, 3.8) is 0 Å². The third-order valence-electron chi connectivity index (χ3n) is 4.96. The number of hydrogen-bond acceptors (Lipinski definition) is 5. The first-order chi connectivity index (χ1) is 15.0. The van der Waals surface area contributed by atoms with E-state index in [-0.39, 0.29) is 12.5 Å². The maximum atomic E-state index is 12.5. The number of nitrogens with zero attached hydrogens (tertiary/aromatic N) is 1. The number of aromatic nitrogens is 1. The second-order valence-electron chi connectivity index (χ2n) is 7.00. The summed E-state index contributed by atoms with van der Waals surface area (Å²) in [4.78, 5) is 41.6. The van der Waals surface area contributed by atoms with Gasteiger partial charge in [0.15, 0.2) is 0 Å². The van der Waals surface area contributed by atoms with E-state index < -0.39 is 11.1 Å². The summed E-state index contributed by atoms with van der Waals surface area (Å²) in [5.74, 6) is -0.0444. The maximum Gasteiger partial charge on any atom is 0.294 e. The van der Waals surface area contributed by atoms with Crippen LogP contribution in [0.5, 0.6) is 5.75 Å². The number of rotatable bonds is 7. The number of fused-ring (bicyclic) bond motifs is 1. The van der Waals surface area contributed by atoms with Gasteiger partial charge in [-0.3, -0.25) is 19.3 Å². The molecule has 7 nitrogen and oxygen atoms in total. The molecule has 0 unspecified atom stereocenters. The molecule has 0 radical (unpaired) electrons. The summed E-state index contributed by atoms with van der Waals surface area (Å²) < 4.78 is 5.22. The Labute approximate surface area is 183 Å². The third-order valence-corrected chi connectivity index (χ3v) is 5.87. The van der Waals surface area contributed by atoms with Gasteiger partial charge >= 0.3 is 0 Å². The summed E-state index contributed by atoms with van der Waals surface area (Å²) in [5.41, 5.74) is 2.85. The van der Waals surface area contributed by atoms with Crippen molar-refractivity contribution in [1.82, 2.24) is 15.2 Å². The van der Waals surface area contributed by atoms with E-state index in [9.17, 15) is 14.4 Å². The van der Waals surface area contributed by atoms with Crippen molar-refractivity contribution in [3.05, 3.63) is 70.8 Å². The van der Waals surface area contributed by atoms with Crippen LogP contribution in [0.25, 0.3) is 17.0 Å². The average molecular weight is 436 g/mol. The van der Waals surface area contributed by atoms with Crippen LogP contribution in [0.2, 0.25) is 0 Å². The number of thioether (sulfide) groups is 1. The van der Waals surface area contributed by atoms with Crippen LogP contribution in [0, 0.1) is 0 Å². The van der Waals surface area contributed by atoms with Gasteiger partial charge in [0.1, 0.15) is 12.3 Å². The number of amides is 3. The molecule has 1 aliphatic rings. The van der Waals surface area contributed by atoms with Crippen LogP contribution in [-0.2, 0) is 16.0 Å². The molecule has 158 valence electrons. The van der Waals surface area contributed by atoms with Crippen molar-refractivity contribution in [2.45, 2.75) is 6.42 Å². The molecule has 2 N–H and O–H groups in total. The van der Waals surface area contributed by atoms with E-state index in [1.807, 2.05) is 54.7 Å². The zero-order valence-corrected chi connectivity index (χ0v) is 17.7. The van der Waals surface area contributed by atoms with Gasteiger partial charge in [0.25, 0.3) is 11.1 Å². The molecule has 0 spiro atoms. The van der Waals surface area contributed by atoms with Gasteiger partial charge in [-0.2, -0.15) is 0 Å². The summed E-state index contributed by atoms with van der Waals surface area (Å²) in [6.45, 7) is 0.107. The van der Waals surface area contributed by atoms with Gasteiger partial charge < -0.3 is 15.0 Å². The number of ether oxygens (including phenoxy) is 1. The highest BCUT2D eigenvalue weighted by atomic mass is 32.2. The van der Waals surface area contributed by atoms with Crippen molar-refractivity contribution < 1.29 is 19.1 Å². The predicted molar refractivity (Wildman–Crippen MR) is 121 cm³/mol. The molecule has 1 saturated heterocycles. The van der Waals surface area contributed by atoms with Gasteiger partial charge in [0, 0.05) is 29.7 Å². The van der Waals surface area contributed by atoms with Crippen molar-refractivity contribution >= 4 is 45.8 Å². The minimum absolute atomic E-state index is 0.290. The Morgan fingerprint density at radius 3 is 2.77 bits per heavy atom. The molecule has 1 fully saturated rings. The van der Waals surface area contributed by atoms with E-state index in [1.165, 1.54) is 0 Å². The zero-order valence-electron chi connectivity index (χ0n) is 16.9. The fourth-order valence-electron chi connectivity index (χ4n) is 3.37. The van der Waals surface area contributed by atoms with Crippen LogP contribution < -0.4 is 10.1 Å². The Morgan fingerprint density at radius 2 is 2.00 bits per heavy atom. The lowest BCUT2D eigenvalue weighted by Crippen LogP contribution is -2.40. The normalized spacial score (nSPS) is 15.1. The highest BCUT2D eigenvalue weighted by Gasteiger charge is 2.36. The molecule has 0 bridgehead atoms. The maximum absolute atomic E-state index is 12.5. The van der Waals surface area contributed by atoms with E-state index in [1.54, 1.807) is 13.2 Å². The topological polar surface area (TPSA) is 91.5 Å². The lowest BCUT2D eigenvalue weighted by atomic mass is 10.1. The van der Waals surface area contributed by atoms with Gasteiger partial charge in [-0.25, -0.2) is 0 Å². The van der Waals surface area contributed by atoms with E-state index in [2.05, 4.69) is 10.3 Å². The van der Waals surface area contributed by atoms with Gasteiger partial charge in [-0.05, 0) is 47.5 Å². The average Bonchev–Trinajstić information content (AvgIpc) is 3.30. The van der Waals surface area contributed by atoms with Gasteiger partial charge in [0.05, 0.1) is 12.0 Å². The number of methoxy groups -OCH3 is 1. The van der Waals surface area contributed by atoms with Crippen LogP contribution >= 0.6 is 11.8 Å². The van der Waals surface area contributed by atoms with Gasteiger partial charge in [0.2, 0.25) is 5.91 Å². The van der Waals surface area contributed by atoms with Crippen LogP contribution in [0.15, 0.2) is 59.6 Å². The molecule has 3 amide bonds. The molecule has 0 saturated carbocycles. The first-order valence-electron chi connectivity index (χ1n) is 9.76. The van der Waals surface area contributed by atoms with Gasteiger partial charge in [-0.1, -0.05) is 30.3 Å². The third kappa shape index (κ3) is 4.64. The fraction of sp³-hybridized carbons (Fsp3) is 0.174. The van der Waals surface area contributed by atoms with E-state index in [0.29, 0.717) is 17.9 Å². The SMILES string of the molecule is COc1ccc2c(CCNC(=O)CN3C(=O)S/C(=C/c4ccccc4)C3=O)c[nH]c2c1. The minimum Gasteiger partial charge on any atom is -0.497 e. The Morgan fingerprint density at radius 1 is 1.19 bits per heavy atom. The summed E-state index contributed by atoms with van der Waals surface area (Å²) in [7, 11) is 1.62. The lowest BCUT2D eigenvalue weighted by molar-refractivity contribution is -0.129. The number of carbonyl (C=O) groups excluding carboxylic acids is 3. The number of nitrogens with one attached hydrogen (secondary N) is 2. The molecule has 2 heterocycles. The van der Waals surface area contributed by atoms with E-state index >= 15 is 0 Å². The highest BCUT2D eigenvalue weighted by Crippen LogP contribution is 2.32. The zero-order chi connectivity index (χ0) is 21.8. The monoisotopic (exact) mass is 435 g/mol. The second-order valence-corrected chi connectivity index (χ2v) is 8.00. The fourth-order valence-corrected chi connectivity index (χ4v) is 4.21. The van der Waals surface area contributed by atoms with Crippen molar-refractivity contribution in [2.24, 2.45) is 0 Å². The molecule has 1 aliphatic heterocycles. The summed E-state index contributed by atoms with van der Waals surface area (Å²) in [6, 6.07) is 15.1. The Hall–Kier alpha value is -3.52. The first kappa shape index (κ1) is 20.7. The Kier molecular flexibility index (Phi) is 6.08. The molecule has 4 rings (SSSR count). The number of imide groups is 1. The summed E-state index contributed by atoms with van der Waals surface area (Å²) in [5, 5.41) is 3.41. The first-order valence-corrected chi connectivity index (χ1v) is 10.6. The van der Waals surface area contributed by atoms with Crippen LogP contribution in [0.4, 0.5) is 4.79 Å². The predicted octanol–water partition coefficient (Wildman–Crippen LogP) is 3.57.